The summed E-state index contributed by atoms with van der Waals surface area (Å²) in [5.74, 6) is 1.09. The van der Waals surface area contributed by atoms with Crippen LogP contribution in [-0.4, -0.2) is 69.9 Å². The second kappa shape index (κ2) is 11.8. The molecule has 6 rings (SSSR count). The molecule has 0 amide bonds. The molecule has 216 valence electrons. The predicted octanol–water partition coefficient (Wildman–Crippen LogP) is 4.01. The topological polar surface area (TPSA) is 139 Å². The molecule has 0 bridgehead atoms. The quantitative estimate of drug-likeness (QED) is 0.185. The van der Waals surface area contributed by atoms with Crippen LogP contribution in [-0.2, 0) is 23.0 Å². The number of hydrogen-bond acceptors (Lipinski definition) is 10. The summed E-state index contributed by atoms with van der Waals surface area (Å²) in [5.41, 5.74) is 3.33. The third kappa shape index (κ3) is 5.82. The Morgan fingerprint density at radius 1 is 0.929 bits per heavy atom. The molecule has 0 aliphatic carbocycles. The average Bonchev–Trinajstić information content (AvgIpc) is 3.70. The van der Waals surface area contributed by atoms with Gasteiger partial charge in [-0.15, -0.1) is 11.3 Å². The van der Waals surface area contributed by atoms with Gasteiger partial charge in [-0.05, 0) is 29.0 Å². The lowest BCUT2D eigenvalue weighted by molar-refractivity contribution is -0.384. The van der Waals surface area contributed by atoms with Gasteiger partial charge in [-0.1, -0.05) is 48.5 Å². The number of imidazole rings is 1. The molecule has 1 fully saturated rings. The van der Waals surface area contributed by atoms with Gasteiger partial charge in [-0.25, -0.2) is 13.4 Å². The van der Waals surface area contributed by atoms with E-state index in [-0.39, 0.29) is 5.69 Å². The van der Waals surface area contributed by atoms with E-state index in [0.29, 0.717) is 66.4 Å². The van der Waals surface area contributed by atoms with Crippen LogP contribution < -0.4 is 10.2 Å². The zero-order chi connectivity index (χ0) is 29.1. The number of aromatic nitrogens is 4. The van der Waals surface area contributed by atoms with Crippen LogP contribution in [0.15, 0.2) is 82.6 Å². The van der Waals surface area contributed by atoms with Crippen LogP contribution in [0.4, 0.5) is 17.5 Å². The van der Waals surface area contributed by atoms with E-state index in [1.54, 1.807) is 36.0 Å². The van der Waals surface area contributed by atoms with Crippen LogP contribution in [0.3, 0.4) is 0 Å². The second-order valence-corrected chi connectivity index (χ2v) is 12.9. The predicted molar refractivity (Wildman–Crippen MR) is 161 cm³/mol. The number of piperazine rings is 1. The number of thiophene rings is 1. The number of anilines is 2. The highest BCUT2D eigenvalue weighted by Gasteiger charge is 2.30. The fourth-order valence-electron chi connectivity index (χ4n) is 4.87. The maximum absolute atomic E-state index is 13.0. The minimum Gasteiger partial charge on any atom is -0.368 e. The maximum Gasteiger partial charge on any atom is 0.269 e. The van der Waals surface area contributed by atoms with E-state index in [1.165, 1.54) is 33.3 Å². The van der Waals surface area contributed by atoms with Crippen molar-refractivity contribution in [2.45, 2.75) is 17.2 Å². The SMILES string of the molecule is O=[N+]([O-])c1ccc(Cn2cnc3c(NCCc4ccccc4)nc(N4CCN(S(=O)(=O)c5cccs5)CC4)nc32)cc1. The molecule has 0 atom stereocenters. The number of sulfonamides is 1. The number of fused-ring (bicyclic) bond motifs is 1. The molecule has 0 spiro atoms. The van der Waals surface area contributed by atoms with Crippen LogP contribution in [0, 0.1) is 10.1 Å². The number of nitrogens with one attached hydrogen (secondary N) is 1. The van der Waals surface area contributed by atoms with Gasteiger partial charge in [-0.2, -0.15) is 14.3 Å². The van der Waals surface area contributed by atoms with Crippen molar-refractivity contribution in [3.8, 4) is 0 Å². The number of hydrogen-bond donors (Lipinski definition) is 1. The Bertz CT molecular complexity index is 1790. The molecule has 2 aromatic carbocycles. The van der Waals surface area contributed by atoms with E-state index in [4.69, 9.17) is 9.97 Å². The van der Waals surface area contributed by atoms with Crippen molar-refractivity contribution < 1.29 is 13.3 Å². The first-order chi connectivity index (χ1) is 20.4. The van der Waals surface area contributed by atoms with Crippen molar-refractivity contribution in [3.63, 3.8) is 0 Å². The van der Waals surface area contributed by atoms with E-state index < -0.39 is 14.9 Å². The molecule has 12 nitrogen and oxygen atoms in total. The highest BCUT2D eigenvalue weighted by Crippen LogP contribution is 2.27. The summed E-state index contributed by atoms with van der Waals surface area (Å²) in [6, 6.07) is 19.9. The molecule has 1 aliphatic heterocycles. The van der Waals surface area contributed by atoms with Gasteiger partial charge < -0.3 is 14.8 Å². The van der Waals surface area contributed by atoms with Crippen molar-refractivity contribution in [1.29, 1.82) is 0 Å². The maximum atomic E-state index is 13.0. The first-order valence-corrected chi connectivity index (χ1v) is 15.7. The van der Waals surface area contributed by atoms with E-state index >= 15 is 0 Å². The third-order valence-electron chi connectivity index (χ3n) is 7.11. The minimum atomic E-state index is -3.53. The molecular formula is C28H28N8O4S2. The lowest BCUT2D eigenvalue weighted by Crippen LogP contribution is -2.49. The molecule has 1 saturated heterocycles. The summed E-state index contributed by atoms with van der Waals surface area (Å²) in [5, 5.41) is 16.3. The molecule has 5 aromatic rings. The number of non-ortho nitro benzene ring substituents is 1. The molecule has 0 saturated carbocycles. The standard InChI is InChI=1S/C28H28N8O4S2/c37-36(38)23-10-8-22(9-11-23)19-34-20-30-25-26(29-13-12-21-5-2-1-3-6-21)31-28(32-27(25)34)33-14-16-35(17-15-33)42(39,40)24-7-4-18-41-24/h1-11,18,20H,12-17,19H2,(H,29,31,32). The Morgan fingerprint density at radius 2 is 1.69 bits per heavy atom. The molecule has 14 heteroatoms. The largest absolute Gasteiger partial charge is 0.368 e. The zero-order valence-corrected chi connectivity index (χ0v) is 24.2. The number of nitrogens with zero attached hydrogens (tertiary/aromatic N) is 7. The van der Waals surface area contributed by atoms with Crippen molar-refractivity contribution in [1.82, 2.24) is 23.8 Å². The normalized spacial score (nSPS) is 14.3. The van der Waals surface area contributed by atoms with Crippen LogP contribution in [0.2, 0.25) is 0 Å². The minimum absolute atomic E-state index is 0.0315. The summed E-state index contributed by atoms with van der Waals surface area (Å²) < 4.78 is 29.8. The molecule has 42 heavy (non-hydrogen) atoms. The smallest absolute Gasteiger partial charge is 0.269 e. The Hall–Kier alpha value is -4.40. The summed E-state index contributed by atoms with van der Waals surface area (Å²) >= 11 is 1.22. The van der Waals surface area contributed by atoms with Gasteiger partial charge in [0.1, 0.15) is 4.21 Å². The monoisotopic (exact) mass is 604 g/mol. The van der Waals surface area contributed by atoms with Crippen LogP contribution >= 0.6 is 11.3 Å². The molecule has 1 aliphatic rings. The average molecular weight is 605 g/mol. The summed E-state index contributed by atoms with van der Waals surface area (Å²) in [7, 11) is -3.53. The van der Waals surface area contributed by atoms with E-state index in [9.17, 15) is 18.5 Å². The third-order valence-corrected chi connectivity index (χ3v) is 10.4. The van der Waals surface area contributed by atoms with Gasteiger partial charge >= 0.3 is 0 Å². The van der Waals surface area contributed by atoms with E-state index in [2.05, 4.69) is 22.4 Å². The van der Waals surface area contributed by atoms with E-state index in [1.807, 2.05) is 27.7 Å². The number of rotatable bonds is 10. The van der Waals surface area contributed by atoms with Gasteiger partial charge in [0.2, 0.25) is 5.95 Å². The number of nitro benzene ring substituents is 1. The first kappa shape index (κ1) is 27.8. The molecule has 0 radical (unpaired) electrons. The van der Waals surface area contributed by atoms with Gasteiger partial charge in [0, 0.05) is 44.9 Å². The van der Waals surface area contributed by atoms with Crippen LogP contribution in [0.25, 0.3) is 11.2 Å². The van der Waals surface area contributed by atoms with Crippen molar-refractivity contribution in [3.05, 3.63) is 99.7 Å². The van der Waals surface area contributed by atoms with Gasteiger partial charge in [-0.3, -0.25) is 10.1 Å². The van der Waals surface area contributed by atoms with E-state index in [0.717, 1.165) is 12.0 Å². The molecular weight excluding hydrogens is 576 g/mol. The lowest BCUT2D eigenvalue weighted by Gasteiger charge is -2.33. The lowest BCUT2D eigenvalue weighted by atomic mass is 10.1. The highest BCUT2D eigenvalue weighted by atomic mass is 32.2. The Morgan fingerprint density at radius 3 is 2.38 bits per heavy atom. The number of benzene rings is 2. The van der Waals surface area contributed by atoms with Crippen molar-refractivity contribution in [2.24, 2.45) is 0 Å². The fourth-order valence-corrected chi connectivity index (χ4v) is 7.44. The van der Waals surface area contributed by atoms with Gasteiger partial charge in [0.15, 0.2) is 17.0 Å². The Labute approximate surface area is 246 Å². The fraction of sp³-hybridized carbons (Fsp3) is 0.250. The summed E-state index contributed by atoms with van der Waals surface area (Å²) in [6.07, 6.45) is 2.49. The van der Waals surface area contributed by atoms with Crippen molar-refractivity contribution >= 4 is 50.0 Å². The molecule has 3 aromatic heterocycles. The summed E-state index contributed by atoms with van der Waals surface area (Å²) in [6.45, 7) is 2.58. The second-order valence-electron chi connectivity index (χ2n) is 9.83. The van der Waals surface area contributed by atoms with Gasteiger partial charge in [0.05, 0.1) is 17.8 Å². The number of nitro groups is 1. The zero-order valence-electron chi connectivity index (χ0n) is 22.5. The Balaban J connectivity index is 1.26. The first-order valence-electron chi connectivity index (χ1n) is 13.4. The van der Waals surface area contributed by atoms with Crippen LogP contribution in [0.5, 0.6) is 0 Å². The van der Waals surface area contributed by atoms with Gasteiger partial charge in [0.25, 0.3) is 15.7 Å². The van der Waals surface area contributed by atoms with Crippen molar-refractivity contribution in [2.75, 3.05) is 42.9 Å². The van der Waals surface area contributed by atoms with Crippen LogP contribution in [0.1, 0.15) is 11.1 Å². The highest BCUT2D eigenvalue weighted by molar-refractivity contribution is 7.91. The molecule has 0 unspecified atom stereocenters. The molecule has 4 heterocycles. The Kier molecular flexibility index (Phi) is 7.82. The molecule has 1 N–H and O–H groups in total. The summed E-state index contributed by atoms with van der Waals surface area (Å²) in [4.78, 5) is 26.9.